The zero-order chi connectivity index (χ0) is 14.4. The lowest BCUT2D eigenvalue weighted by Gasteiger charge is -2.06. The Morgan fingerprint density at radius 2 is 1.75 bits per heavy atom. The summed E-state index contributed by atoms with van der Waals surface area (Å²) in [6.45, 7) is 0.495. The smallest absolute Gasteiger partial charge is 0.335 e. The van der Waals surface area contributed by atoms with Crippen molar-refractivity contribution in [3.63, 3.8) is 0 Å². The maximum absolute atomic E-state index is 12.7. The number of carboxylic acids is 1. The summed E-state index contributed by atoms with van der Waals surface area (Å²) in [6, 6.07) is 12.6. The highest BCUT2D eigenvalue weighted by Crippen LogP contribution is 2.18. The molecule has 0 saturated carbocycles. The molecule has 0 aliphatic carbocycles. The third-order valence-corrected chi connectivity index (χ3v) is 3.51. The Balaban J connectivity index is 1.75. The van der Waals surface area contributed by atoms with Gasteiger partial charge in [-0.2, -0.15) is 0 Å². The predicted octanol–water partition coefficient (Wildman–Crippen LogP) is 3.70. The molecule has 3 nitrogen and oxygen atoms in total. The molecule has 5 heteroatoms. The van der Waals surface area contributed by atoms with Crippen LogP contribution >= 0.6 is 11.8 Å². The summed E-state index contributed by atoms with van der Waals surface area (Å²) in [5.74, 6) is 0.161. The van der Waals surface area contributed by atoms with Gasteiger partial charge in [0.05, 0.1) is 12.2 Å². The Kier molecular flexibility index (Phi) is 5.01. The minimum Gasteiger partial charge on any atom is -0.493 e. The van der Waals surface area contributed by atoms with E-state index in [1.165, 1.54) is 24.3 Å². The summed E-state index contributed by atoms with van der Waals surface area (Å²) in [7, 11) is 0. The molecule has 2 aromatic rings. The molecule has 0 aromatic heterocycles. The number of hydrogen-bond acceptors (Lipinski definition) is 3. The van der Waals surface area contributed by atoms with Crippen LogP contribution in [0.1, 0.15) is 10.4 Å². The molecule has 0 radical (unpaired) electrons. The highest BCUT2D eigenvalue weighted by atomic mass is 32.2. The number of hydrogen-bond donors (Lipinski definition) is 1. The van der Waals surface area contributed by atoms with Crippen molar-refractivity contribution in [3.8, 4) is 5.75 Å². The summed E-state index contributed by atoms with van der Waals surface area (Å²) < 4.78 is 18.2. The van der Waals surface area contributed by atoms with E-state index in [4.69, 9.17) is 9.84 Å². The second-order valence-corrected chi connectivity index (χ2v) is 5.15. The van der Waals surface area contributed by atoms with E-state index in [0.717, 1.165) is 10.6 Å². The van der Waals surface area contributed by atoms with Crippen LogP contribution in [0.2, 0.25) is 0 Å². The van der Waals surface area contributed by atoms with E-state index in [0.29, 0.717) is 12.4 Å². The maximum Gasteiger partial charge on any atom is 0.335 e. The van der Waals surface area contributed by atoms with Gasteiger partial charge in [-0.1, -0.05) is 0 Å². The van der Waals surface area contributed by atoms with Gasteiger partial charge in [0.15, 0.2) is 0 Å². The molecule has 0 saturated heterocycles. The first-order chi connectivity index (χ1) is 9.65. The molecular formula is C15H13FO3S. The number of thioether (sulfide) groups is 1. The van der Waals surface area contributed by atoms with E-state index in [1.807, 2.05) is 0 Å². The number of carbonyl (C=O) groups is 1. The number of aromatic carboxylic acids is 1. The zero-order valence-electron chi connectivity index (χ0n) is 10.6. The van der Waals surface area contributed by atoms with Gasteiger partial charge in [-0.15, -0.1) is 11.8 Å². The predicted molar refractivity (Wildman–Crippen MR) is 76.0 cm³/mol. The Bertz CT molecular complexity index is 567. The van der Waals surface area contributed by atoms with Crippen LogP contribution in [-0.2, 0) is 0 Å². The van der Waals surface area contributed by atoms with Crippen LogP contribution in [0.25, 0.3) is 0 Å². The second-order valence-electron chi connectivity index (χ2n) is 3.98. The van der Waals surface area contributed by atoms with Crippen LogP contribution in [0.4, 0.5) is 4.39 Å². The van der Waals surface area contributed by atoms with Gasteiger partial charge in [-0.25, -0.2) is 9.18 Å². The number of rotatable bonds is 6. The molecular weight excluding hydrogens is 279 g/mol. The lowest BCUT2D eigenvalue weighted by molar-refractivity contribution is 0.0697. The minimum absolute atomic E-state index is 0.234. The molecule has 0 fully saturated rings. The Morgan fingerprint density at radius 3 is 2.35 bits per heavy atom. The first-order valence-corrected chi connectivity index (χ1v) is 6.98. The SMILES string of the molecule is O=C(O)c1ccc(OCCSc2ccc(F)cc2)cc1. The van der Waals surface area contributed by atoms with Crippen LogP contribution in [0.3, 0.4) is 0 Å². The third kappa shape index (κ3) is 4.28. The van der Waals surface area contributed by atoms with Crippen molar-refractivity contribution in [1.29, 1.82) is 0 Å². The van der Waals surface area contributed by atoms with Crippen molar-refractivity contribution >= 4 is 17.7 Å². The highest BCUT2D eigenvalue weighted by molar-refractivity contribution is 7.99. The van der Waals surface area contributed by atoms with Gasteiger partial charge in [-0.05, 0) is 48.5 Å². The zero-order valence-corrected chi connectivity index (χ0v) is 11.4. The van der Waals surface area contributed by atoms with Gasteiger partial charge in [0.2, 0.25) is 0 Å². The second kappa shape index (κ2) is 6.96. The molecule has 0 heterocycles. The van der Waals surface area contributed by atoms with E-state index >= 15 is 0 Å². The topological polar surface area (TPSA) is 46.5 Å². The summed E-state index contributed by atoms with van der Waals surface area (Å²) >= 11 is 1.57. The molecule has 0 aliphatic heterocycles. The summed E-state index contributed by atoms with van der Waals surface area (Å²) in [5.41, 5.74) is 0.234. The van der Waals surface area contributed by atoms with Crippen molar-refractivity contribution in [2.24, 2.45) is 0 Å². The van der Waals surface area contributed by atoms with Gasteiger partial charge in [-0.3, -0.25) is 0 Å². The van der Waals surface area contributed by atoms with Crippen LogP contribution in [0, 0.1) is 5.82 Å². The molecule has 104 valence electrons. The fourth-order valence-electron chi connectivity index (χ4n) is 1.54. The van der Waals surface area contributed by atoms with E-state index in [2.05, 4.69) is 0 Å². The lowest BCUT2D eigenvalue weighted by atomic mass is 10.2. The van der Waals surface area contributed by atoms with Crippen molar-refractivity contribution < 1.29 is 19.0 Å². The molecule has 0 amide bonds. The molecule has 2 rings (SSSR count). The van der Waals surface area contributed by atoms with Crippen LogP contribution in [-0.4, -0.2) is 23.4 Å². The standard InChI is InChI=1S/C15H13FO3S/c16-12-3-7-14(8-4-12)20-10-9-19-13-5-1-11(2-6-13)15(17)18/h1-8H,9-10H2,(H,17,18). The van der Waals surface area contributed by atoms with Gasteiger partial charge in [0, 0.05) is 10.6 Å². The van der Waals surface area contributed by atoms with E-state index in [-0.39, 0.29) is 11.4 Å². The molecule has 0 bridgehead atoms. The number of carboxylic acid groups (broad SMARTS) is 1. The fourth-order valence-corrected chi connectivity index (χ4v) is 2.27. The molecule has 0 unspecified atom stereocenters. The van der Waals surface area contributed by atoms with E-state index in [9.17, 15) is 9.18 Å². The normalized spacial score (nSPS) is 10.2. The van der Waals surface area contributed by atoms with Crippen LogP contribution < -0.4 is 4.74 Å². The quantitative estimate of drug-likeness (QED) is 0.651. The first kappa shape index (κ1) is 14.4. The van der Waals surface area contributed by atoms with Gasteiger partial charge in [0.25, 0.3) is 0 Å². The highest BCUT2D eigenvalue weighted by Gasteiger charge is 2.02. The van der Waals surface area contributed by atoms with E-state index in [1.54, 1.807) is 36.0 Å². The first-order valence-electron chi connectivity index (χ1n) is 6.00. The molecule has 0 aliphatic rings. The van der Waals surface area contributed by atoms with Crippen molar-refractivity contribution in [3.05, 3.63) is 59.9 Å². The summed E-state index contributed by atoms with van der Waals surface area (Å²) in [5, 5.41) is 8.76. The monoisotopic (exact) mass is 292 g/mol. The van der Waals surface area contributed by atoms with Gasteiger partial charge < -0.3 is 9.84 Å². The molecule has 2 aromatic carbocycles. The largest absolute Gasteiger partial charge is 0.493 e. The van der Waals surface area contributed by atoms with Crippen LogP contribution in [0.5, 0.6) is 5.75 Å². The lowest BCUT2D eigenvalue weighted by Crippen LogP contribution is -2.01. The minimum atomic E-state index is -0.955. The average Bonchev–Trinajstić information content (AvgIpc) is 2.46. The number of benzene rings is 2. The molecule has 0 spiro atoms. The average molecular weight is 292 g/mol. The summed E-state index contributed by atoms with van der Waals surface area (Å²) in [6.07, 6.45) is 0. The van der Waals surface area contributed by atoms with E-state index < -0.39 is 5.97 Å². The van der Waals surface area contributed by atoms with Gasteiger partial charge in [0.1, 0.15) is 11.6 Å². The van der Waals surface area contributed by atoms with Crippen molar-refractivity contribution in [2.75, 3.05) is 12.4 Å². The fraction of sp³-hybridized carbons (Fsp3) is 0.133. The van der Waals surface area contributed by atoms with Crippen molar-refractivity contribution in [2.45, 2.75) is 4.90 Å². The van der Waals surface area contributed by atoms with Crippen molar-refractivity contribution in [1.82, 2.24) is 0 Å². The van der Waals surface area contributed by atoms with Crippen LogP contribution in [0.15, 0.2) is 53.4 Å². The molecule has 0 atom stereocenters. The number of ether oxygens (including phenoxy) is 1. The Labute approximate surface area is 120 Å². The molecule has 20 heavy (non-hydrogen) atoms. The summed E-state index contributed by atoms with van der Waals surface area (Å²) in [4.78, 5) is 11.7. The Hall–Kier alpha value is -2.01. The van der Waals surface area contributed by atoms with Gasteiger partial charge >= 0.3 is 5.97 Å². The number of halogens is 1. The molecule has 1 N–H and O–H groups in total. The maximum atomic E-state index is 12.7. The third-order valence-electron chi connectivity index (χ3n) is 2.54. The Morgan fingerprint density at radius 1 is 1.10 bits per heavy atom.